The lowest BCUT2D eigenvalue weighted by molar-refractivity contribution is -0.153. The van der Waals surface area contributed by atoms with E-state index in [1.807, 2.05) is 0 Å². The number of carboxylic acids is 1. The van der Waals surface area contributed by atoms with Gasteiger partial charge in [0.15, 0.2) is 6.10 Å². The van der Waals surface area contributed by atoms with E-state index < -0.39 is 18.2 Å². The molecule has 22 heavy (non-hydrogen) atoms. The van der Waals surface area contributed by atoms with Crippen LogP contribution in [0, 0.1) is 5.82 Å². The van der Waals surface area contributed by atoms with Crippen LogP contribution in [0.5, 0.6) is 5.75 Å². The summed E-state index contributed by atoms with van der Waals surface area (Å²) in [5.74, 6) is -1.37. The number of hydrogen-bond donors (Lipinski definition) is 3. The Morgan fingerprint density at radius 1 is 1.14 bits per heavy atom. The lowest BCUT2D eigenvalue weighted by atomic mass is 10.0. The molecule has 6 heteroatoms. The number of benzene rings is 2. The van der Waals surface area contributed by atoms with Gasteiger partial charge in [0.25, 0.3) is 0 Å². The lowest BCUT2D eigenvalue weighted by Crippen LogP contribution is -2.27. The number of hydrogen-bond acceptors (Lipinski definition) is 4. The lowest BCUT2D eigenvalue weighted by Gasteiger charge is -2.14. The Labute approximate surface area is 126 Å². The van der Waals surface area contributed by atoms with Crippen molar-refractivity contribution in [2.45, 2.75) is 18.8 Å². The molecule has 2 aromatic rings. The largest absolute Gasteiger partial charge is 0.489 e. The molecular formula is C16H15FO5. The molecular weight excluding hydrogens is 291 g/mol. The molecule has 0 heterocycles. The number of aliphatic hydroxyl groups is 2. The fourth-order valence-corrected chi connectivity index (χ4v) is 1.87. The van der Waals surface area contributed by atoms with Crippen molar-refractivity contribution in [3.63, 3.8) is 0 Å². The summed E-state index contributed by atoms with van der Waals surface area (Å²) in [6.45, 7) is 0.178. The van der Waals surface area contributed by atoms with E-state index in [2.05, 4.69) is 0 Å². The van der Waals surface area contributed by atoms with E-state index in [1.165, 1.54) is 36.4 Å². The van der Waals surface area contributed by atoms with Crippen molar-refractivity contribution in [1.29, 1.82) is 0 Å². The third-order valence-corrected chi connectivity index (χ3v) is 3.07. The second kappa shape index (κ2) is 7.02. The predicted octanol–water partition coefficient (Wildman–Crippen LogP) is 1.88. The van der Waals surface area contributed by atoms with Crippen molar-refractivity contribution in [3.8, 4) is 5.75 Å². The molecule has 2 rings (SSSR count). The molecule has 2 aromatic carbocycles. The van der Waals surface area contributed by atoms with Crippen molar-refractivity contribution in [1.82, 2.24) is 0 Å². The Morgan fingerprint density at radius 2 is 1.82 bits per heavy atom. The molecule has 0 aliphatic heterocycles. The number of rotatable bonds is 6. The number of aliphatic carboxylic acids is 1. The van der Waals surface area contributed by atoms with Crippen LogP contribution in [0.25, 0.3) is 0 Å². The first-order valence-corrected chi connectivity index (χ1v) is 6.53. The molecule has 0 saturated carbocycles. The van der Waals surface area contributed by atoms with Crippen molar-refractivity contribution >= 4 is 5.97 Å². The number of carbonyl (C=O) groups is 1. The van der Waals surface area contributed by atoms with Gasteiger partial charge in [-0.05, 0) is 35.4 Å². The van der Waals surface area contributed by atoms with Crippen LogP contribution >= 0.6 is 0 Å². The van der Waals surface area contributed by atoms with E-state index in [4.69, 9.17) is 9.84 Å². The van der Waals surface area contributed by atoms with Gasteiger partial charge >= 0.3 is 5.97 Å². The first kappa shape index (κ1) is 15.9. The Morgan fingerprint density at radius 3 is 2.41 bits per heavy atom. The molecule has 0 aromatic heterocycles. The standard InChI is InChI=1S/C16H15FO5/c17-12-3-1-2-10(8-12)9-22-13-6-4-11(5-7-13)14(18)15(19)16(20)21/h1-8,14-15,18-19H,9H2,(H,20,21). The summed E-state index contributed by atoms with van der Waals surface area (Å²) in [6.07, 6.45) is -3.41. The zero-order chi connectivity index (χ0) is 16.1. The smallest absolute Gasteiger partial charge is 0.335 e. The summed E-state index contributed by atoms with van der Waals surface area (Å²) in [6, 6.07) is 12.0. The number of carboxylic acid groups (broad SMARTS) is 1. The van der Waals surface area contributed by atoms with Crippen molar-refractivity contribution in [3.05, 3.63) is 65.5 Å². The fraction of sp³-hybridized carbons (Fsp3) is 0.188. The van der Waals surface area contributed by atoms with Gasteiger partial charge in [-0.3, -0.25) is 0 Å². The van der Waals surface area contributed by atoms with E-state index in [-0.39, 0.29) is 18.0 Å². The molecule has 0 fully saturated rings. The predicted molar refractivity (Wildman–Crippen MR) is 75.8 cm³/mol. The number of aliphatic hydroxyl groups excluding tert-OH is 2. The minimum Gasteiger partial charge on any atom is -0.489 e. The SMILES string of the molecule is O=C(O)C(O)C(O)c1ccc(OCc2cccc(F)c2)cc1. The van der Waals surface area contributed by atoms with Gasteiger partial charge < -0.3 is 20.1 Å². The summed E-state index contributed by atoms with van der Waals surface area (Å²) in [7, 11) is 0. The highest BCUT2D eigenvalue weighted by Gasteiger charge is 2.24. The Kier molecular flexibility index (Phi) is 5.08. The third kappa shape index (κ3) is 4.03. The van der Waals surface area contributed by atoms with Crippen LogP contribution in [-0.2, 0) is 11.4 Å². The average Bonchev–Trinajstić information content (AvgIpc) is 2.52. The van der Waals surface area contributed by atoms with Gasteiger partial charge in [0.05, 0.1) is 0 Å². The maximum absolute atomic E-state index is 13.0. The molecule has 0 saturated heterocycles. The fourth-order valence-electron chi connectivity index (χ4n) is 1.87. The summed E-state index contributed by atoms with van der Waals surface area (Å²) < 4.78 is 18.5. The molecule has 116 valence electrons. The Bertz CT molecular complexity index is 641. The van der Waals surface area contributed by atoms with E-state index in [0.29, 0.717) is 11.3 Å². The Balaban J connectivity index is 1.98. The number of halogens is 1. The van der Waals surface area contributed by atoms with Crippen LogP contribution in [0.15, 0.2) is 48.5 Å². The van der Waals surface area contributed by atoms with Gasteiger partial charge in [0.2, 0.25) is 0 Å². The normalized spacial score (nSPS) is 13.4. The van der Waals surface area contributed by atoms with Crippen LogP contribution < -0.4 is 4.74 Å². The van der Waals surface area contributed by atoms with Gasteiger partial charge in [0.1, 0.15) is 24.3 Å². The van der Waals surface area contributed by atoms with Gasteiger partial charge in [-0.2, -0.15) is 0 Å². The minimum atomic E-state index is -1.89. The zero-order valence-electron chi connectivity index (χ0n) is 11.5. The number of ether oxygens (including phenoxy) is 1. The molecule has 0 radical (unpaired) electrons. The maximum atomic E-state index is 13.0. The zero-order valence-corrected chi connectivity index (χ0v) is 11.5. The molecule has 0 amide bonds. The van der Waals surface area contributed by atoms with E-state index >= 15 is 0 Å². The average molecular weight is 306 g/mol. The summed E-state index contributed by atoms with van der Waals surface area (Å²) >= 11 is 0. The highest BCUT2D eigenvalue weighted by atomic mass is 19.1. The quantitative estimate of drug-likeness (QED) is 0.758. The molecule has 2 atom stereocenters. The summed E-state index contributed by atoms with van der Waals surface area (Å²) in [5, 5.41) is 27.6. The van der Waals surface area contributed by atoms with Crippen LogP contribution in [0.3, 0.4) is 0 Å². The molecule has 0 aliphatic carbocycles. The molecule has 3 N–H and O–H groups in total. The highest BCUT2D eigenvalue weighted by Crippen LogP contribution is 2.21. The van der Waals surface area contributed by atoms with Crippen LogP contribution in [0.1, 0.15) is 17.2 Å². The van der Waals surface area contributed by atoms with Crippen LogP contribution in [0.2, 0.25) is 0 Å². The maximum Gasteiger partial charge on any atom is 0.335 e. The van der Waals surface area contributed by atoms with Crippen molar-refractivity contribution in [2.24, 2.45) is 0 Å². The van der Waals surface area contributed by atoms with E-state index in [1.54, 1.807) is 12.1 Å². The third-order valence-electron chi connectivity index (χ3n) is 3.07. The van der Waals surface area contributed by atoms with Gasteiger partial charge in [-0.15, -0.1) is 0 Å². The van der Waals surface area contributed by atoms with E-state index in [0.717, 1.165) is 0 Å². The summed E-state index contributed by atoms with van der Waals surface area (Å²) in [4.78, 5) is 10.6. The second-order valence-electron chi connectivity index (χ2n) is 4.72. The topological polar surface area (TPSA) is 87.0 Å². The highest BCUT2D eigenvalue weighted by molar-refractivity contribution is 5.73. The molecule has 0 spiro atoms. The van der Waals surface area contributed by atoms with Crippen molar-refractivity contribution in [2.75, 3.05) is 0 Å². The molecule has 0 aliphatic rings. The minimum absolute atomic E-state index is 0.178. The Hall–Kier alpha value is -2.44. The first-order valence-electron chi connectivity index (χ1n) is 6.53. The van der Waals surface area contributed by atoms with Crippen molar-refractivity contribution < 1.29 is 29.2 Å². The van der Waals surface area contributed by atoms with Gasteiger partial charge in [-0.25, -0.2) is 9.18 Å². The molecule has 5 nitrogen and oxygen atoms in total. The first-order chi connectivity index (χ1) is 10.5. The summed E-state index contributed by atoms with van der Waals surface area (Å²) in [5.41, 5.74) is 0.929. The van der Waals surface area contributed by atoms with Gasteiger partial charge in [-0.1, -0.05) is 24.3 Å². The van der Waals surface area contributed by atoms with Crippen LogP contribution in [-0.4, -0.2) is 27.4 Å². The van der Waals surface area contributed by atoms with Crippen LogP contribution in [0.4, 0.5) is 4.39 Å². The monoisotopic (exact) mass is 306 g/mol. The van der Waals surface area contributed by atoms with Gasteiger partial charge in [0, 0.05) is 0 Å². The molecule has 2 unspecified atom stereocenters. The van der Waals surface area contributed by atoms with E-state index in [9.17, 15) is 19.4 Å². The molecule has 0 bridgehead atoms. The second-order valence-corrected chi connectivity index (χ2v) is 4.72.